The van der Waals surface area contributed by atoms with Crippen molar-refractivity contribution in [1.82, 2.24) is 10.6 Å². The Kier molecular flexibility index (Phi) is 6.23. The summed E-state index contributed by atoms with van der Waals surface area (Å²) in [7, 11) is -2.25. The zero-order valence-electron chi connectivity index (χ0n) is 15.8. The van der Waals surface area contributed by atoms with Gasteiger partial charge in [0, 0.05) is 5.70 Å². The number of esters is 1. The van der Waals surface area contributed by atoms with Gasteiger partial charge in [0.1, 0.15) is 9.96 Å². The number of rotatable bonds is 7. The molecule has 2 N–H and O–H groups in total. The molecule has 8 nitrogen and oxygen atoms in total. The quantitative estimate of drug-likeness (QED) is 0.645. The van der Waals surface area contributed by atoms with Crippen LogP contribution in [0, 0.1) is 0 Å². The monoisotopic (exact) mass is 436 g/mol. The van der Waals surface area contributed by atoms with Crippen molar-refractivity contribution in [2.45, 2.75) is 17.2 Å². The molecule has 0 saturated heterocycles. The van der Waals surface area contributed by atoms with Gasteiger partial charge in [0.2, 0.25) is 0 Å². The van der Waals surface area contributed by atoms with E-state index in [0.717, 1.165) is 11.3 Å². The summed E-state index contributed by atoms with van der Waals surface area (Å²) in [6, 6.07) is 8.43. The van der Waals surface area contributed by atoms with Crippen molar-refractivity contribution >= 4 is 33.2 Å². The number of benzene rings is 1. The Morgan fingerprint density at radius 2 is 2.03 bits per heavy atom. The maximum atomic E-state index is 12.8. The molecule has 0 radical (unpaired) electrons. The molecule has 10 heteroatoms. The number of carbonyl (C=O) groups excluding carboxylic acids is 2. The first-order valence-corrected chi connectivity index (χ1v) is 11.3. The second-order valence-corrected chi connectivity index (χ2v) is 9.28. The summed E-state index contributed by atoms with van der Waals surface area (Å²) in [5, 5.41) is 6.79. The number of carbonyl (C=O) groups is 2. The summed E-state index contributed by atoms with van der Waals surface area (Å²) in [4.78, 5) is 25.0. The van der Waals surface area contributed by atoms with Crippen molar-refractivity contribution in [2.24, 2.45) is 0 Å². The van der Waals surface area contributed by atoms with Gasteiger partial charge in [0.15, 0.2) is 9.84 Å². The van der Waals surface area contributed by atoms with Gasteiger partial charge in [-0.2, -0.15) is 0 Å². The summed E-state index contributed by atoms with van der Waals surface area (Å²) in [6.07, 6.45) is 0. The van der Waals surface area contributed by atoms with E-state index in [1.54, 1.807) is 42.6 Å². The zero-order chi connectivity index (χ0) is 21.0. The van der Waals surface area contributed by atoms with E-state index in [1.165, 1.54) is 13.2 Å². The number of ether oxygens (including phenoxy) is 2. The van der Waals surface area contributed by atoms with Crippen LogP contribution in [0.25, 0.3) is 0 Å². The van der Waals surface area contributed by atoms with Crippen LogP contribution in [-0.2, 0) is 19.4 Å². The van der Waals surface area contributed by atoms with Crippen LogP contribution >= 0.6 is 11.3 Å². The minimum atomic E-state index is -3.75. The van der Waals surface area contributed by atoms with Gasteiger partial charge in [-0.05, 0) is 36.1 Å². The van der Waals surface area contributed by atoms with Crippen molar-refractivity contribution in [3.05, 3.63) is 58.6 Å². The number of thiophene rings is 1. The van der Waals surface area contributed by atoms with Gasteiger partial charge in [-0.25, -0.2) is 18.0 Å². The summed E-state index contributed by atoms with van der Waals surface area (Å²) in [5.41, 5.74) is 0.599. The van der Waals surface area contributed by atoms with Crippen LogP contribution in [0.5, 0.6) is 5.75 Å². The predicted molar refractivity (Wildman–Crippen MR) is 107 cm³/mol. The fourth-order valence-electron chi connectivity index (χ4n) is 2.95. The first-order chi connectivity index (χ1) is 13.9. The third kappa shape index (κ3) is 4.60. The van der Waals surface area contributed by atoms with Gasteiger partial charge in [0.05, 0.1) is 31.1 Å². The minimum Gasteiger partial charge on any atom is -0.497 e. The minimum absolute atomic E-state index is 0.00609. The summed E-state index contributed by atoms with van der Waals surface area (Å²) in [6.45, 7) is 1.75. The van der Waals surface area contributed by atoms with Gasteiger partial charge in [-0.15, -0.1) is 11.3 Å². The van der Waals surface area contributed by atoms with E-state index in [2.05, 4.69) is 10.6 Å². The van der Waals surface area contributed by atoms with Gasteiger partial charge in [-0.1, -0.05) is 18.2 Å². The lowest BCUT2D eigenvalue weighted by atomic mass is 9.95. The smallest absolute Gasteiger partial charge is 0.338 e. The number of sulfone groups is 1. The van der Waals surface area contributed by atoms with Gasteiger partial charge in [0.25, 0.3) is 0 Å². The Morgan fingerprint density at radius 1 is 1.24 bits per heavy atom. The Balaban J connectivity index is 2.10. The van der Waals surface area contributed by atoms with Crippen LogP contribution in [0.3, 0.4) is 0 Å². The highest BCUT2D eigenvalue weighted by atomic mass is 32.2. The summed E-state index contributed by atoms with van der Waals surface area (Å²) in [5.74, 6) is -0.703. The first kappa shape index (κ1) is 20.9. The number of methoxy groups -OCH3 is 1. The van der Waals surface area contributed by atoms with E-state index in [4.69, 9.17) is 9.47 Å². The number of hydrogen-bond donors (Lipinski definition) is 2. The molecule has 154 valence electrons. The van der Waals surface area contributed by atoms with Crippen LogP contribution in [-0.4, -0.2) is 39.9 Å². The molecule has 3 rings (SSSR count). The maximum Gasteiger partial charge on any atom is 0.338 e. The van der Waals surface area contributed by atoms with Gasteiger partial charge < -0.3 is 20.1 Å². The number of hydrogen-bond acceptors (Lipinski definition) is 7. The van der Waals surface area contributed by atoms with Gasteiger partial charge in [-0.3, -0.25) is 0 Å². The van der Waals surface area contributed by atoms with E-state index in [0.29, 0.717) is 11.3 Å². The standard InChI is InChI=1S/C19H20N2O6S2/c1-3-27-18(22)16-14(11-29(24,25)15-8-5-9-28-15)20-19(23)21-17(16)12-6-4-7-13(10-12)26-2/h4-10,17H,3,11H2,1-2H3,(H2,20,21,23)/t17-/m0/s1. The van der Waals surface area contributed by atoms with E-state index >= 15 is 0 Å². The third-order valence-corrected chi connectivity index (χ3v) is 7.34. The van der Waals surface area contributed by atoms with E-state index in [-0.39, 0.29) is 22.1 Å². The Hall–Kier alpha value is -2.85. The number of urea groups is 1. The van der Waals surface area contributed by atoms with Crippen molar-refractivity contribution in [3.8, 4) is 5.75 Å². The molecular weight excluding hydrogens is 416 g/mol. The Labute approximate surface area is 172 Å². The van der Waals surface area contributed by atoms with Crippen LogP contribution in [0.2, 0.25) is 0 Å². The largest absolute Gasteiger partial charge is 0.497 e. The van der Waals surface area contributed by atoms with E-state index in [9.17, 15) is 18.0 Å². The number of amides is 2. The van der Waals surface area contributed by atoms with E-state index in [1.807, 2.05) is 0 Å². The molecular formula is C19H20N2O6S2. The van der Waals surface area contributed by atoms with Crippen LogP contribution in [0.4, 0.5) is 4.79 Å². The zero-order valence-corrected chi connectivity index (χ0v) is 17.4. The van der Waals surface area contributed by atoms with Crippen molar-refractivity contribution in [2.75, 3.05) is 19.5 Å². The lowest BCUT2D eigenvalue weighted by Gasteiger charge is -2.29. The molecule has 0 aliphatic carbocycles. The highest BCUT2D eigenvalue weighted by molar-refractivity contribution is 7.93. The lowest BCUT2D eigenvalue weighted by molar-refractivity contribution is -0.139. The molecule has 29 heavy (non-hydrogen) atoms. The summed E-state index contributed by atoms with van der Waals surface area (Å²) >= 11 is 1.07. The summed E-state index contributed by atoms with van der Waals surface area (Å²) < 4.78 is 36.1. The highest BCUT2D eigenvalue weighted by Gasteiger charge is 2.36. The molecule has 1 atom stereocenters. The fourth-order valence-corrected chi connectivity index (χ4v) is 5.37. The lowest BCUT2D eigenvalue weighted by Crippen LogP contribution is -2.47. The third-order valence-electron chi connectivity index (χ3n) is 4.21. The molecule has 2 amide bonds. The normalized spacial score (nSPS) is 16.8. The van der Waals surface area contributed by atoms with Crippen LogP contribution in [0.1, 0.15) is 18.5 Å². The molecule has 0 bridgehead atoms. The predicted octanol–water partition coefficient (Wildman–Crippen LogP) is 2.40. The SMILES string of the molecule is CCOC(=O)C1=C(CS(=O)(=O)c2cccs2)NC(=O)N[C@H]1c1cccc(OC)c1. The molecule has 1 aromatic carbocycles. The maximum absolute atomic E-state index is 12.8. The molecule has 2 aromatic rings. The second-order valence-electron chi connectivity index (χ2n) is 6.11. The Bertz CT molecular complexity index is 1040. The fraction of sp³-hybridized carbons (Fsp3) is 0.263. The molecule has 0 spiro atoms. The van der Waals surface area contributed by atoms with Crippen molar-refractivity contribution in [3.63, 3.8) is 0 Å². The molecule has 1 aliphatic heterocycles. The molecule has 1 aromatic heterocycles. The number of nitrogens with one attached hydrogen (secondary N) is 2. The van der Waals surface area contributed by atoms with E-state index < -0.39 is 33.6 Å². The molecule has 1 aliphatic rings. The average Bonchev–Trinajstić information content (AvgIpc) is 3.23. The topological polar surface area (TPSA) is 111 Å². The van der Waals surface area contributed by atoms with Gasteiger partial charge >= 0.3 is 12.0 Å². The molecule has 0 fully saturated rings. The first-order valence-electron chi connectivity index (χ1n) is 8.73. The van der Waals surface area contributed by atoms with Crippen molar-refractivity contribution < 1.29 is 27.5 Å². The van der Waals surface area contributed by atoms with Crippen LogP contribution < -0.4 is 15.4 Å². The van der Waals surface area contributed by atoms with Crippen LogP contribution in [0.15, 0.2) is 57.3 Å². The highest BCUT2D eigenvalue weighted by Crippen LogP contribution is 2.31. The molecule has 0 saturated carbocycles. The molecule has 0 unspecified atom stereocenters. The van der Waals surface area contributed by atoms with Crippen molar-refractivity contribution in [1.29, 1.82) is 0 Å². The molecule has 2 heterocycles. The Morgan fingerprint density at radius 3 is 2.69 bits per heavy atom. The second kappa shape index (κ2) is 8.66. The average molecular weight is 437 g/mol.